The van der Waals surface area contributed by atoms with Gasteiger partial charge >= 0.3 is 0 Å². The van der Waals surface area contributed by atoms with Crippen molar-refractivity contribution < 1.29 is 9.59 Å². The highest BCUT2D eigenvalue weighted by molar-refractivity contribution is 5.92. The second-order valence-electron chi connectivity index (χ2n) is 8.86. The molecule has 1 atom stereocenters. The van der Waals surface area contributed by atoms with Gasteiger partial charge < -0.3 is 25.8 Å². The van der Waals surface area contributed by atoms with E-state index >= 15 is 0 Å². The van der Waals surface area contributed by atoms with Crippen molar-refractivity contribution in [2.24, 2.45) is 0 Å². The third-order valence-electron chi connectivity index (χ3n) is 5.40. The van der Waals surface area contributed by atoms with Gasteiger partial charge in [0.15, 0.2) is 0 Å². The van der Waals surface area contributed by atoms with Crippen LogP contribution in [0.1, 0.15) is 38.7 Å². The second-order valence-corrected chi connectivity index (χ2v) is 8.86. The molecule has 37 heavy (non-hydrogen) atoms. The minimum Gasteiger partial charge on any atom is -0.369 e. The standard InChI is InChI=1S/C28H39N7O2/c1-6-18-29-26-23(21-31-28(33-26)32-24-15-10-7-11-16-24)14-9-8-12-19-30-27(37)22(2)35(5)25(36)17-13-20-34(3)4/h7,10-11,13,15-17,21-22H,6,8,12,18-20H2,1-5H3,(H,30,37)(H2,29,31,32,33)/t22-/m0/s1. The number of para-hydroxylation sites is 1. The van der Waals surface area contributed by atoms with E-state index in [1.165, 1.54) is 11.0 Å². The van der Waals surface area contributed by atoms with Crippen LogP contribution in [0.5, 0.6) is 0 Å². The average Bonchev–Trinajstić information content (AvgIpc) is 2.89. The van der Waals surface area contributed by atoms with Crippen LogP contribution in [0, 0.1) is 11.8 Å². The summed E-state index contributed by atoms with van der Waals surface area (Å²) in [4.78, 5) is 37.0. The molecular formula is C28H39N7O2. The molecule has 0 aliphatic carbocycles. The average molecular weight is 506 g/mol. The molecule has 0 unspecified atom stereocenters. The normalized spacial score (nSPS) is 11.5. The Bertz CT molecular complexity index is 1090. The largest absolute Gasteiger partial charge is 0.369 e. The van der Waals surface area contributed by atoms with Crippen molar-refractivity contribution >= 4 is 29.3 Å². The summed E-state index contributed by atoms with van der Waals surface area (Å²) in [5.74, 6) is 7.09. The molecule has 1 aromatic carbocycles. The third kappa shape index (κ3) is 10.7. The summed E-state index contributed by atoms with van der Waals surface area (Å²) in [5, 5.41) is 9.40. The Morgan fingerprint density at radius 2 is 1.89 bits per heavy atom. The molecule has 3 N–H and O–H groups in total. The quantitative estimate of drug-likeness (QED) is 0.218. The Hall–Kier alpha value is -3.90. The van der Waals surface area contributed by atoms with E-state index in [1.54, 1.807) is 26.2 Å². The Morgan fingerprint density at radius 1 is 1.14 bits per heavy atom. The minimum atomic E-state index is -0.560. The Morgan fingerprint density at radius 3 is 2.59 bits per heavy atom. The Kier molecular flexibility index (Phi) is 12.7. The number of likely N-dealkylation sites (N-methyl/N-ethyl adjacent to an activating group) is 2. The molecule has 0 aliphatic heterocycles. The van der Waals surface area contributed by atoms with Crippen LogP contribution in [0.4, 0.5) is 17.5 Å². The van der Waals surface area contributed by atoms with Crippen molar-refractivity contribution in [1.82, 2.24) is 25.1 Å². The van der Waals surface area contributed by atoms with Gasteiger partial charge in [-0.05, 0) is 46.0 Å². The summed E-state index contributed by atoms with van der Waals surface area (Å²) >= 11 is 0. The van der Waals surface area contributed by atoms with Crippen LogP contribution in [0.15, 0.2) is 48.7 Å². The first-order chi connectivity index (χ1) is 17.8. The molecule has 9 heteroatoms. The van der Waals surface area contributed by atoms with Crippen LogP contribution < -0.4 is 16.0 Å². The molecule has 2 amide bonds. The fraction of sp³-hybridized carbons (Fsp3) is 0.429. The van der Waals surface area contributed by atoms with Gasteiger partial charge in [0.2, 0.25) is 17.8 Å². The first-order valence-electron chi connectivity index (χ1n) is 12.6. The van der Waals surface area contributed by atoms with Crippen LogP contribution in [0.3, 0.4) is 0 Å². The predicted molar refractivity (Wildman–Crippen MR) is 150 cm³/mol. The number of anilines is 3. The van der Waals surface area contributed by atoms with Gasteiger partial charge in [-0.3, -0.25) is 9.59 Å². The van der Waals surface area contributed by atoms with Crippen LogP contribution in [-0.2, 0) is 9.59 Å². The van der Waals surface area contributed by atoms with Gasteiger partial charge in [-0.25, -0.2) is 4.98 Å². The predicted octanol–water partition coefficient (Wildman–Crippen LogP) is 3.25. The number of aromatic nitrogens is 2. The van der Waals surface area contributed by atoms with E-state index in [9.17, 15) is 9.59 Å². The van der Waals surface area contributed by atoms with E-state index in [1.807, 2.05) is 49.3 Å². The van der Waals surface area contributed by atoms with Crippen molar-refractivity contribution in [2.45, 2.75) is 39.2 Å². The Labute approximate surface area is 220 Å². The SMILES string of the molecule is CCCNc1nc(Nc2ccccc2)ncc1C#CCCCNC(=O)[C@H](C)N(C)C(=O)C=CCN(C)C. The molecule has 198 valence electrons. The number of rotatable bonds is 13. The van der Waals surface area contributed by atoms with Gasteiger partial charge in [0.1, 0.15) is 11.9 Å². The first-order valence-corrected chi connectivity index (χ1v) is 12.6. The topological polar surface area (TPSA) is 102 Å². The number of hydrogen-bond donors (Lipinski definition) is 3. The van der Waals surface area contributed by atoms with Crippen LogP contribution >= 0.6 is 0 Å². The molecule has 0 fully saturated rings. The van der Waals surface area contributed by atoms with E-state index in [2.05, 4.69) is 44.7 Å². The van der Waals surface area contributed by atoms with Crippen molar-refractivity contribution in [3.8, 4) is 11.8 Å². The molecule has 0 saturated carbocycles. The van der Waals surface area contributed by atoms with Crippen molar-refractivity contribution in [2.75, 3.05) is 51.4 Å². The molecular weight excluding hydrogens is 466 g/mol. The maximum Gasteiger partial charge on any atom is 0.246 e. The zero-order valence-electron chi connectivity index (χ0n) is 22.5. The van der Waals surface area contributed by atoms with Crippen molar-refractivity contribution in [3.63, 3.8) is 0 Å². The summed E-state index contributed by atoms with van der Waals surface area (Å²) in [6.45, 7) is 5.73. The lowest BCUT2D eigenvalue weighted by molar-refractivity contribution is -0.135. The summed E-state index contributed by atoms with van der Waals surface area (Å²) in [7, 11) is 5.48. The van der Waals surface area contributed by atoms with E-state index < -0.39 is 6.04 Å². The number of unbranched alkanes of at least 4 members (excludes halogenated alkanes) is 1. The van der Waals surface area contributed by atoms with Gasteiger partial charge in [0.05, 0.1) is 11.8 Å². The third-order valence-corrected chi connectivity index (χ3v) is 5.40. The zero-order valence-corrected chi connectivity index (χ0v) is 22.5. The van der Waals surface area contributed by atoms with E-state index in [0.29, 0.717) is 37.7 Å². The highest BCUT2D eigenvalue weighted by Gasteiger charge is 2.20. The molecule has 0 saturated heterocycles. The number of amides is 2. The number of benzene rings is 1. The fourth-order valence-corrected chi connectivity index (χ4v) is 3.10. The highest BCUT2D eigenvalue weighted by atomic mass is 16.2. The molecule has 0 radical (unpaired) electrons. The van der Waals surface area contributed by atoms with Crippen LogP contribution in [0.25, 0.3) is 0 Å². The highest BCUT2D eigenvalue weighted by Crippen LogP contribution is 2.17. The summed E-state index contributed by atoms with van der Waals surface area (Å²) in [6, 6.07) is 9.20. The minimum absolute atomic E-state index is 0.189. The number of nitrogens with one attached hydrogen (secondary N) is 3. The maximum atomic E-state index is 12.4. The molecule has 1 aromatic heterocycles. The van der Waals surface area contributed by atoms with E-state index in [0.717, 1.165) is 24.2 Å². The molecule has 0 aliphatic rings. The summed E-state index contributed by atoms with van der Waals surface area (Å²) in [5.41, 5.74) is 1.64. The zero-order chi connectivity index (χ0) is 27.0. The van der Waals surface area contributed by atoms with Gasteiger partial charge in [0.25, 0.3) is 0 Å². The monoisotopic (exact) mass is 505 g/mol. The Balaban J connectivity index is 1.85. The van der Waals surface area contributed by atoms with Gasteiger partial charge in [-0.1, -0.05) is 43.0 Å². The van der Waals surface area contributed by atoms with Crippen molar-refractivity contribution in [1.29, 1.82) is 0 Å². The molecule has 2 aromatic rings. The molecule has 2 rings (SSSR count). The number of nitrogens with zero attached hydrogens (tertiary/aromatic N) is 4. The van der Waals surface area contributed by atoms with E-state index in [-0.39, 0.29) is 11.8 Å². The molecule has 0 spiro atoms. The van der Waals surface area contributed by atoms with Gasteiger partial charge in [0, 0.05) is 44.9 Å². The fourth-order valence-electron chi connectivity index (χ4n) is 3.10. The lowest BCUT2D eigenvalue weighted by Gasteiger charge is -2.23. The summed E-state index contributed by atoms with van der Waals surface area (Å²) < 4.78 is 0. The van der Waals surface area contributed by atoms with E-state index in [4.69, 9.17) is 0 Å². The van der Waals surface area contributed by atoms with Crippen LogP contribution in [-0.4, -0.2) is 78.4 Å². The molecule has 9 nitrogen and oxygen atoms in total. The molecule has 0 bridgehead atoms. The van der Waals surface area contributed by atoms with Crippen LogP contribution in [0.2, 0.25) is 0 Å². The smallest absolute Gasteiger partial charge is 0.246 e. The van der Waals surface area contributed by atoms with Crippen molar-refractivity contribution in [3.05, 3.63) is 54.2 Å². The van der Waals surface area contributed by atoms with Gasteiger partial charge in [-0.2, -0.15) is 4.98 Å². The molecule has 1 heterocycles. The lowest BCUT2D eigenvalue weighted by atomic mass is 10.2. The number of carbonyl (C=O) groups is 2. The lowest BCUT2D eigenvalue weighted by Crippen LogP contribution is -2.45. The maximum absolute atomic E-state index is 12.4. The number of hydrogen-bond acceptors (Lipinski definition) is 7. The summed E-state index contributed by atoms with van der Waals surface area (Å²) in [6.07, 6.45) is 7.25. The first kappa shape index (κ1) is 29.3. The number of carbonyl (C=O) groups excluding carboxylic acids is 2. The van der Waals surface area contributed by atoms with Gasteiger partial charge in [-0.15, -0.1) is 0 Å². The second kappa shape index (κ2) is 16.0.